The highest BCUT2D eigenvalue weighted by Gasteiger charge is 2.22. The molecule has 0 saturated heterocycles. The summed E-state index contributed by atoms with van der Waals surface area (Å²) in [6.07, 6.45) is 3.19. The van der Waals surface area contributed by atoms with Crippen LogP contribution in [-0.2, 0) is 11.2 Å². The van der Waals surface area contributed by atoms with Crippen LogP contribution in [0.3, 0.4) is 0 Å². The molecule has 3 rings (SSSR count). The first kappa shape index (κ1) is 19.2. The molecule has 1 heterocycles. The highest BCUT2D eigenvalue weighted by molar-refractivity contribution is 5.88. The van der Waals surface area contributed by atoms with Crippen molar-refractivity contribution in [3.8, 4) is 0 Å². The number of hydrogen-bond acceptors (Lipinski definition) is 1. The maximum Gasteiger partial charge on any atom is 0.220 e. The van der Waals surface area contributed by atoms with Crippen molar-refractivity contribution in [1.29, 1.82) is 0 Å². The molecule has 0 aliphatic carbocycles. The summed E-state index contributed by atoms with van der Waals surface area (Å²) in [5.41, 5.74) is 4.18. The van der Waals surface area contributed by atoms with Crippen molar-refractivity contribution >= 4 is 16.8 Å². The van der Waals surface area contributed by atoms with Gasteiger partial charge in [-0.25, -0.2) is 4.39 Å². The van der Waals surface area contributed by atoms with Gasteiger partial charge in [0.1, 0.15) is 5.82 Å². The molecule has 0 fully saturated rings. The molecule has 2 aromatic carbocycles. The van der Waals surface area contributed by atoms with Crippen LogP contribution in [0.25, 0.3) is 10.9 Å². The summed E-state index contributed by atoms with van der Waals surface area (Å²) in [5, 5.41) is 4.08. The maximum absolute atomic E-state index is 13.9. The fourth-order valence-corrected chi connectivity index (χ4v) is 3.53. The molecule has 27 heavy (non-hydrogen) atoms. The van der Waals surface area contributed by atoms with Crippen LogP contribution in [-0.4, -0.2) is 17.4 Å². The third-order valence-electron chi connectivity index (χ3n) is 4.94. The van der Waals surface area contributed by atoms with Crippen molar-refractivity contribution in [3.63, 3.8) is 0 Å². The lowest BCUT2D eigenvalue weighted by atomic mass is 9.87. The van der Waals surface area contributed by atoms with Crippen LogP contribution < -0.4 is 5.32 Å². The molecule has 0 spiro atoms. The van der Waals surface area contributed by atoms with Crippen molar-refractivity contribution < 1.29 is 9.18 Å². The first-order valence-electron chi connectivity index (χ1n) is 9.60. The van der Waals surface area contributed by atoms with Crippen molar-refractivity contribution in [2.24, 2.45) is 5.92 Å². The van der Waals surface area contributed by atoms with Gasteiger partial charge in [0.05, 0.1) is 0 Å². The summed E-state index contributed by atoms with van der Waals surface area (Å²) in [4.78, 5) is 15.9. The topological polar surface area (TPSA) is 44.9 Å². The Labute approximate surface area is 160 Å². The van der Waals surface area contributed by atoms with Crippen LogP contribution in [0, 0.1) is 11.7 Å². The summed E-state index contributed by atoms with van der Waals surface area (Å²) in [6, 6.07) is 12.8. The normalized spacial score (nSPS) is 12.5. The Morgan fingerprint density at radius 1 is 1.19 bits per heavy atom. The number of benzene rings is 2. The third-order valence-corrected chi connectivity index (χ3v) is 4.94. The van der Waals surface area contributed by atoms with Crippen molar-refractivity contribution in [2.75, 3.05) is 6.54 Å². The smallest absolute Gasteiger partial charge is 0.220 e. The Bertz CT molecular complexity index is 929. The molecule has 1 aromatic heterocycles. The van der Waals surface area contributed by atoms with Crippen molar-refractivity contribution in [3.05, 3.63) is 71.2 Å². The summed E-state index contributed by atoms with van der Waals surface area (Å²) in [7, 11) is 0. The molecule has 3 nitrogen and oxygen atoms in total. The molecule has 0 radical (unpaired) electrons. The van der Waals surface area contributed by atoms with E-state index in [0.717, 1.165) is 28.5 Å². The van der Waals surface area contributed by atoms with Crippen molar-refractivity contribution in [1.82, 2.24) is 10.3 Å². The monoisotopic (exact) mass is 366 g/mol. The van der Waals surface area contributed by atoms with E-state index in [9.17, 15) is 9.18 Å². The average Bonchev–Trinajstić information content (AvgIpc) is 3.08. The highest BCUT2D eigenvalue weighted by atomic mass is 19.1. The van der Waals surface area contributed by atoms with E-state index in [2.05, 4.69) is 43.2 Å². The quantitative estimate of drug-likeness (QED) is 0.596. The summed E-state index contributed by atoms with van der Waals surface area (Å²) >= 11 is 0. The number of nitrogens with one attached hydrogen (secondary N) is 2. The van der Waals surface area contributed by atoms with Crippen molar-refractivity contribution in [2.45, 2.75) is 39.5 Å². The van der Waals surface area contributed by atoms with Gasteiger partial charge in [-0.15, -0.1) is 0 Å². The van der Waals surface area contributed by atoms with Gasteiger partial charge in [0, 0.05) is 36.0 Å². The largest absolute Gasteiger partial charge is 0.361 e. The lowest BCUT2D eigenvalue weighted by molar-refractivity contribution is -0.121. The zero-order chi connectivity index (χ0) is 19.4. The second kappa shape index (κ2) is 8.38. The number of rotatable bonds is 7. The van der Waals surface area contributed by atoms with E-state index in [1.165, 1.54) is 17.7 Å². The molecule has 0 aliphatic rings. The van der Waals surface area contributed by atoms with E-state index in [-0.39, 0.29) is 17.6 Å². The number of aromatic amines is 1. The van der Waals surface area contributed by atoms with E-state index in [1.807, 2.05) is 18.3 Å². The van der Waals surface area contributed by atoms with Gasteiger partial charge in [0.25, 0.3) is 0 Å². The van der Waals surface area contributed by atoms with E-state index < -0.39 is 0 Å². The zero-order valence-electron chi connectivity index (χ0n) is 16.2. The Balaban J connectivity index is 2.01. The number of para-hydroxylation sites is 1. The van der Waals surface area contributed by atoms with Crippen LogP contribution in [0.4, 0.5) is 4.39 Å². The second-order valence-electron chi connectivity index (χ2n) is 7.45. The minimum absolute atomic E-state index is 0.0149. The predicted molar refractivity (Wildman–Crippen MR) is 108 cm³/mol. The molecule has 3 aromatic rings. The molecule has 0 unspecified atom stereocenters. The molecule has 0 bridgehead atoms. The molecule has 2 N–H and O–H groups in total. The number of aryl methyl sites for hydroxylation is 1. The number of H-pyrrole nitrogens is 1. The molecule has 1 atom stereocenters. The first-order chi connectivity index (χ1) is 13.0. The Hall–Kier alpha value is -2.62. The fourth-order valence-electron chi connectivity index (χ4n) is 3.53. The van der Waals surface area contributed by atoms with Gasteiger partial charge in [0.15, 0.2) is 0 Å². The summed E-state index contributed by atoms with van der Waals surface area (Å²) in [5.74, 6) is -0.108. The standard InChI is InChI=1S/C23H27FN2O/c1-4-16-7-6-10-19-21(14-26-23(16)19)20(12-22(27)25-13-15(2)3)17-8-5-9-18(24)11-17/h5-11,14-15,20,26H,4,12-13H2,1-3H3,(H,25,27)/t20-/m0/s1. The highest BCUT2D eigenvalue weighted by Crippen LogP contribution is 2.34. The van der Waals surface area contributed by atoms with Crippen LogP contribution >= 0.6 is 0 Å². The maximum atomic E-state index is 13.9. The van der Waals surface area contributed by atoms with Gasteiger partial charge in [-0.1, -0.05) is 51.1 Å². The fraction of sp³-hybridized carbons (Fsp3) is 0.348. The number of hydrogen-bond donors (Lipinski definition) is 2. The molecular formula is C23H27FN2O. The third kappa shape index (κ3) is 4.38. The van der Waals surface area contributed by atoms with Crippen LogP contribution in [0.5, 0.6) is 0 Å². The number of fused-ring (bicyclic) bond motifs is 1. The first-order valence-corrected chi connectivity index (χ1v) is 9.60. The van der Waals surface area contributed by atoms with E-state index in [1.54, 1.807) is 6.07 Å². The number of carbonyl (C=O) groups excluding carboxylic acids is 1. The van der Waals surface area contributed by atoms with Gasteiger partial charge in [-0.05, 0) is 41.2 Å². The molecule has 4 heteroatoms. The summed E-state index contributed by atoms with van der Waals surface area (Å²) in [6.45, 7) is 6.90. The summed E-state index contributed by atoms with van der Waals surface area (Å²) < 4.78 is 13.9. The molecule has 1 amide bonds. The lowest BCUT2D eigenvalue weighted by Crippen LogP contribution is -2.28. The minimum atomic E-state index is -0.283. The van der Waals surface area contributed by atoms with E-state index in [4.69, 9.17) is 0 Å². The molecule has 142 valence electrons. The Morgan fingerprint density at radius 2 is 1.96 bits per heavy atom. The Kier molecular flexibility index (Phi) is 5.94. The van der Waals surface area contributed by atoms with Gasteiger partial charge in [-0.2, -0.15) is 0 Å². The van der Waals surface area contributed by atoms with E-state index in [0.29, 0.717) is 18.9 Å². The zero-order valence-corrected chi connectivity index (χ0v) is 16.2. The minimum Gasteiger partial charge on any atom is -0.361 e. The van der Waals surface area contributed by atoms with Gasteiger partial charge in [0.2, 0.25) is 5.91 Å². The van der Waals surface area contributed by atoms with Gasteiger partial charge < -0.3 is 10.3 Å². The van der Waals surface area contributed by atoms with E-state index >= 15 is 0 Å². The second-order valence-corrected chi connectivity index (χ2v) is 7.45. The average molecular weight is 366 g/mol. The lowest BCUT2D eigenvalue weighted by Gasteiger charge is -2.18. The molecule has 0 saturated carbocycles. The molecule has 0 aliphatic heterocycles. The predicted octanol–water partition coefficient (Wildman–Crippen LogP) is 5.16. The Morgan fingerprint density at radius 3 is 2.67 bits per heavy atom. The van der Waals surface area contributed by atoms with Crippen LogP contribution in [0.15, 0.2) is 48.7 Å². The number of carbonyl (C=O) groups is 1. The van der Waals surface area contributed by atoms with Crippen LogP contribution in [0.1, 0.15) is 49.8 Å². The number of amides is 1. The van der Waals surface area contributed by atoms with Crippen LogP contribution in [0.2, 0.25) is 0 Å². The van der Waals surface area contributed by atoms with Gasteiger partial charge >= 0.3 is 0 Å². The molecular weight excluding hydrogens is 339 g/mol. The van der Waals surface area contributed by atoms with Gasteiger partial charge in [-0.3, -0.25) is 4.79 Å². The number of halogens is 1. The number of aromatic nitrogens is 1. The SMILES string of the molecule is CCc1cccc2c([C@@H](CC(=O)NCC(C)C)c3cccc(F)c3)c[nH]c12.